The summed E-state index contributed by atoms with van der Waals surface area (Å²) in [4.78, 5) is 0. The third-order valence-corrected chi connectivity index (χ3v) is 7.11. The molecule has 0 aromatic carbocycles. The van der Waals surface area contributed by atoms with Crippen molar-refractivity contribution in [1.29, 1.82) is 0 Å². The molecule has 0 fully saturated rings. The molecule has 0 saturated carbocycles. The standard InChI is InChI=1S/C12H20O2Si/c1-12(2,3)15(4,5)14-11-9-7-6-8-10-13/h13H,10-11H2,1-5H3. The smallest absolute Gasteiger partial charge is 0.193 e. The molecule has 84 valence electrons. The molecule has 0 spiro atoms. The van der Waals surface area contributed by atoms with Crippen molar-refractivity contribution < 1.29 is 9.53 Å². The molecule has 0 unspecified atom stereocenters. The second kappa shape index (κ2) is 5.98. The van der Waals surface area contributed by atoms with Crippen LogP contribution >= 0.6 is 0 Å². The van der Waals surface area contributed by atoms with Crippen molar-refractivity contribution >= 4 is 8.32 Å². The van der Waals surface area contributed by atoms with E-state index in [0.29, 0.717) is 6.61 Å². The van der Waals surface area contributed by atoms with Gasteiger partial charge in [-0.25, -0.2) is 0 Å². The molecule has 0 amide bonds. The van der Waals surface area contributed by atoms with Crippen molar-refractivity contribution in [3.63, 3.8) is 0 Å². The molecule has 0 rings (SSSR count). The fourth-order valence-corrected chi connectivity index (χ4v) is 1.46. The highest BCUT2D eigenvalue weighted by molar-refractivity contribution is 6.74. The predicted octanol–water partition coefficient (Wildman–Crippen LogP) is 2.01. The number of hydrogen-bond acceptors (Lipinski definition) is 2. The lowest BCUT2D eigenvalue weighted by Gasteiger charge is -2.35. The van der Waals surface area contributed by atoms with E-state index in [2.05, 4.69) is 57.5 Å². The van der Waals surface area contributed by atoms with Crippen LogP contribution in [0, 0.1) is 23.7 Å². The normalized spacial score (nSPS) is 11.1. The Hall–Kier alpha value is -0.743. The van der Waals surface area contributed by atoms with Gasteiger partial charge in [-0.1, -0.05) is 32.6 Å². The van der Waals surface area contributed by atoms with Crippen LogP contribution in [-0.2, 0) is 4.43 Å². The van der Waals surface area contributed by atoms with Crippen molar-refractivity contribution in [1.82, 2.24) is 0 Å². The lowest BCUT2D eigenvalue weighted by molar-refractivity contribution is 0.334. The molecule has 0 heterocycles. The van der Waals surface area contributed by atoms with Crippen LogP contribution in [0.3, 0.4) is 0 Å². The Balaban J connectivity index is 4.10. The minimum absolute atomic E-state index is 0.141. The Labute approximate surface area is 94.2 Å². The van der Waals surface area contributed by atoms with Gasteiger partial charge in [0, 0.05) is 0 Å². The zero-order chi connectivity index (χ0) is 11.9. The van der Waals surface area contributed by atoms with E-state index in [1.54, 1.807) is 0 Å². The molecular formula is C12H20O2Si. The van der Waals surface area contributed by atoms with Crippen LogP contribution in [-0.4, -0.2) is 26.6 Å². The quantitative estimate of drug-likeness (QED) is 0.574. The summed E-state index contributed by atoms with van der Waals surface area (Å²) < 4.78 is 5.81. The van der Waals surface area contributed by atoms with E-state index in [9.17, 15) is 0 Å². The van der Waals surface area contributed by atoms with Crippen molar-refractivity contribution in [3.8, 4) is 23.7 Å². The molecule has 0 bridgehead atoms. The minimum atomic E-state index is -1.67. The summed E-state index contributed by atoms with van der Waals surface area (Å²) in [6, 6.07) is 0. The van der Waals surface area contributed by atoms with Crippen LogP contribution in [0.1, 0.15) is 20.8 Å². The number of aliphatic hydroxyl groups is 1. The first-order valence-corrected chi connectivity index (χ1v) is 7.92. The fourth-order valence-electron chi connectivity index (χ4n) is 0.597. The van der Waals surface area contributed by atoms with E-state index in [4.69, 9.17) is 9.53 Å². The highest BCUT2D eigenvalue weighted by atomic mass is 28.4. The van der Waals surface area contributed by atoms with Crippen molar-refractivity contribution in [3.05, 3.63) is 0 Å². The minimum Gasteiger partial charge on any atom is -0.406 e. The topological polar surface area (TPSA) is 29.5 Å². The van der Waals surface area contributed by atoms with Crippen LogP contribution in [0.5, 0.6) is 0 Å². The van der Waals surface area contributed by atoms with E-state index in [0.717, 1.165) is 0 Å². The Morgan fingerprint density at radius 1 is 1.13 bits per heavy atom. The SMILES string of the molecule is CC(C)(C)[Si](C)(C)OCC#CC#CCO. The molecule has 1 N–H and O–H groups in total. The first-order chi connectivity index (χ1) is 6.81. The lowest BCUT2D eigenvalue weighted by atomic mass is 10.2. The summed E-state index contributed by atoms with van der Waals surface area (Å²) in [7, 11) is -1.67. The molecule has 0 aliphatic carbocycles. The summed E-state index contributed by atoms with van der Waals surface area (Å²) in [6.07, 6.45) is 0. The Kier molecular flexibility index (Phi) is 5.68. The number of aliphatic hydroxyl groups excluding tert-OH is 1. The van der Waals surface area contributed by atoms with Gasteiger partial charge in [-0.2, -0.15) is 0 Å². The highest BCUT2D eigenvalue weighted by Crippen LogP contribution is 2.36. The summed E-state index contributed by atoms with van der Waals surface area (Å²) in [6.45, 7) is 11.2. The molecule has 0 saturated heterocycles. The monoisotopic (exact) mass is 224 g/mol. The molecule has 2 nitrogen and oxygen atoms in total. The molecule has 0 aromatic heterocycles. The summed E-state index contributed by atoms with van der Waals surface area (Å²) in [5.41, 5.74) is 0. The first-order valence-electron chi connectivity index (χ1n) is 5.02. The molecule has 0 atom stereocenters. The largest absolute Gasteiger partial charge is 0.406 e. The molecule has 3 heteroatoms. The lowest BCUT2D eigenvalue weighted by Crippen LogP contribution is -2.40. The maximum Gasteiger partial charge on any atom is 0.193 e. The average molecular weight is 224 g/mol. The van der Waals surface area contributed by atoms with Gasteiger partial charge in [0.2, 0.25) is 0 Å². The first kappa shape index (κ1) is 14.3. The molecule has 15 heavy (non-hydrogen) atoms. The molecule has 0 aliphatic heterocycles. The van der Waals surface area contributed by atoms with Crippen molar-refractivity contribution in [2.24, 2.45) is 0 Å². The van der Waals surface area contributed by atoms with Gasteiger partial charge >= 0.3 is 0 Å². The number of hydrogen-bond donors (Lipinski definition) is 1. The maximum absolute atomic E-state index is 8.39. The van der Waals surface area contributed by atoms with Crippen LogP contribution in [0.2, 0.25) is 18.1 Å². The number of rotatable bonds is 2. The van der Waals surface area contributed by atoms with Gasteiger partial charge in [0.05, 0.1) is 6.61 Å². The van der Waals surface area contributed by atoms with Crippen LogP contribution in [0.25, 0.3) is 0 Å². The van der Waals surface area contributed by atoms with Crippen LogP contribution in [0.15, 0.2) is 0 Å². The molecule has 0 aromatic rings. The van der Waals surface area contributed by atoms with Crippen molar-refractivity contribution in [2.75, 3.05) is 13.2 Å². The van der Waals surface area contributed by atoms with Crippen molar-refractivity contribution in [2.45, 2.75) is 38.9 Å². The summed E-state index contributed by atoms with van der Waals surface area (Å²) in [5, 5.41) is 8.61. The average Bonchev–Trinajstić information content (AvgIpc) is 2.09. The zero-order valence-electron chi connectivity index (χ0n) is 10.3. The third kappa shape index (κ3) is 5.64. The van der Waals surface area contributed by atoms with Gasteiger partial charge < -0.3 is 9.53 Å². The van der Waals surface area contributed by atoms with Gasteiger partial charge in [0.15, 0.2) is 8.32 Å². The second-order valence-electron chi connectivity index (χ2n) is 4.81. The molecule has 0 aliphatic rings. The van der Waals surface area contributed by atoms with E-state index >= 15 is 0 Å². The maximum atomic E-state index is 8.39. The zero-order valence-corrected chi connectivity index (χ0v) is 11.3. The van der Waals surface area contributed by atoms with Gasteiger partial charge in [0.1, 0.15) is 6.61 Å². The van der Waals surface area contributed by atoms with Gasteiger partial charge in [-0.15, -0.1) is 0 Å². The van der Waals surface area contributed by atoms with E-state index in [1.807, 2.05) is 0 Å². The van der Waals surface area contributed by atoms with Gasteiger partial charge in [-0.3, -0.25) is 0 Å². The summed E-state index contributed by atoms with van der Waals surface area (Å²) in [5.74, 6) is 10.5. The highest BCUT2D eigenvalue weighted by Gasteiger charge is 2.36. The van der Waals surface area contributed by atoms with E-state index in [1.165, 1.54) is 0 Å². The van der Waals surface area contributed by atoms with E-state index in [-0.39, 0.29) is 11.6 Å². The van der Waals surface area contributed by atoms with Crippen LogP contribution in [0.4, 0.5) is 0 Å². The Bertz CT molecular complexity index is 304. The Morgan fingerprint density at radius 3 is 2.13 bits per heavy atom. The predicted molar refractivity (Wildman–Crippen MR) is 65.8 cm³/mol. The van der Waals surface area contributed by atoms with E-state index < -0.39 is 8.32 Å². The molecular weight excluding hydrogens is 204 g/mol. The van der Waals surface area contributed by atoms with Crippen LogP contribution < -0.4 is 0 Å². The Morgan fingerprint density at radius 2 is 1.67 bits per heavy atom. The second-order valence-corrected chi connectivity index (χ2v) is 9.62. The fraction of sp³-hybridized carbons (Fsp3) is 0.667. The molecule has 0 radical (unpaired) electrons. The third-order valence-electron chi connectivity index (χ3n) is 2.63. The summed E-state index contributed by atoms with van der Waals surface area (Å²) >= 11 is 0. The van der Waals surface area contributed by atoms with Gasteiger partial charge in [0.25, 0.3) is 0 Å². The van der Waals surface area contributed by atoms with Gasteiger partial charge in [-0.05, 0) is 30.0 Å².